The smallest absolute Gasteiger partial charge is 0.146 e. The molecular formula is C21H22FN5O. The van der Waals surface area contributed by atoms with Gasteiger partial charge in [0.2, 0.25) is 0 Å². The topological polar surface area (TPSA) is 53.5 Å². The van der Waals surface area contributed by atoms with E-state index in [2.05, 4.69) is 25.1 Å². The zero-order valence-electron chi connectivity index (χ0n) is 15.7. The molecule has 0 bridgehead atoms. The first-order valence-corrected chi connectivity index (χ1v) is 9.20. The summed E-state index contributed by atoms with van der Waals surface area (Å²) in [7, 11) is 1.64. The highest BCUT2D eigenvalue weighted by Crippen LogP contribution is 2.24. The number of para-hydroxylation sites is 1. The maximum absolute atomic E-state index is 14.0. The third-order valence-electron chi connectivity index (χ3n) is 4.81. The van der Waals surface area contributed by atoms with Crippen molar-refractivity contribution in [3.63, 3.8) is 0 Å². The number of benzene rings is 2. The molecule has 28 heavy (non-hydrogen) atoms. The summed E-state index contributed by atoms with van der Waals surface area (Å²) in [4.78, 5) is 13.0. The van der Waals surface area contributed by atoms with E-state index in [0.29, 0.717) is 5.69 Å². The SMILES string of the molecule is COc1ccc(Nc2cc(N3CCN(c4ccccc4F)CC3)ncn2)cc1. The van der Waals surface area contributed by atoms with Crippen molar-refractivity contribution in [2.45, 2.75) is 0 Å². The van der Waals surface area contributed by atoms with E-state index in [0.717, 1.165) is 49.3 Å². The molecule has 6 nitrogen and oxygen atoms in total. The standard InChI is InChI=1S/C21H22FN5O/c1-28-17-8-6-16(7-9-17)25-20-14-21(24-15-23-20)27-12-10-26(11-13-27)19-5-3-2-4-18(19)22/h2-9,14-15H,10-13H2,1H3,(H,23,24,25). The molecule has 0 saturated carbocycles. The first-order valence-electron chi connectivity index (χ1n) is 9.20. The second-order valence-electron chi connectivity index (χ2n) is 6.54. The van der Waals surface area contributed by atoms with Gasteiger partial charge in [0.05, 0.1) is 12.8 Å². The second kappa shape index (κ2) is 8.12. The van der Waals surface area contributed by atoms with Crippen LogP contribution in [0, 0.1) is 5.82 Å². The number of methoxy groups -OCH3 is 1. The van der Waals surface area contributed by atoms with E-state index in [1.165, 1.54) is 6.07 Å². The Morgan fingerprint density at radius 2 is 1.64 bits per heavy atom. The monoisotopic (exact) mass is 379 g/mol. The lowest BCUT2D eigenvalue weighted by Gasteiger charge is -2.36. The van der Waals surface area contributed by atoms with Crippen LogP contribution in [-0.4, -0.2) is 43.3 Å². The maximum atomic E-state index is 14.0. The molecule has 0 spiro atoms. The molecular weight excluding hydrogens is 357 g/mol. The number of nitrogens with one attached hydrogen (secondary N) is 1. The van der Waals surface area contributed by atoms with Gasteiger partial charge in [0.15, 0.2) is 0 Å². The average Bonchev–Trinajstić information content (AvgIpc) is 2.75. The molecule has 1 aromatic heterocycles. The second-order valence-corrected chi connectivity index (χ2v) is 6.54. The number of halogens is 1. The van der Waals surface area contributed by atoms with Gasteiger partial charge in [0.25, 0.3) is 0 Å². The van der Waals surface area contributed by atoms with E-state index in [9.17, 15) is 4.39 Å². The van der Waals surface area contributed by atoms with Gasteiger partial charge in [-0.05, 0) is 36.4 Å². The quantitative estimate of drug-likeness (QED) is 0.730. The largest absolute Gasteiger partial charge is 0.497 e. The number of ether oxygens (including phenoxy) is 1. The Hall–Kier alpha value is -3.35. The summed E-state index contributed by atoms with van der Waals surface area (Å²) in [6.45, 7) is 3.03. The molecule has 0 unspecified atom stereocenters. The van der Waals surface area contributed by atoms with Gasteiger partial charge >= 0.3 is 0 Å². The minimum absolute atomic E-state index is 0.177. The Morgan fingerprint density at radius 3 is 2.36 bits per heavy atom. The predicted octanol–water partition coefficient (Wildman–Crippen LogP) is 3.69. The van der Waals surface area contributed by atoms with Crippen molar-refractivity contribution >= 4 is 23.0 Å². The summed E-state index contributed by atoms with van der Waals surface area (Å²) in [5.41, 5.74) is 1.58. The van der Waals surface area contributed by atoms with Gasteiger partial charge in [-0.3, -0.25) is 0 Å². The van der Waals surface area contributed by atoms with Crippen LogP contribution in [0.3, 0.4) is 0 Å². The number of nitrogens with zero attached hydrogens (tertiary/aromatic N) is 4. The van der Waals surface area contributed by atoms with E-state index >= 15 is 0 Å². The summed E-state index contributed by atoms with van der Waals surface area (Å²) >= 11 is 0. The third-order valence-corrected chi connectivity index (χ3v) is 4.81. The highest BCUT2D eigenvalue weighted by atomic mass is 19.1. The van der Waals surface area contributed by atoms with Gasteiger partial charge in [-0.25, -0.2) is 14.4 Å². The van der Waals surface area contributed by atoms with Crippen molar-refractivity contribution in [2.24, 2.45) is 0 Å². The molecule has 1 N–H and O–H groups in total. The van der Waals surface area contributed by atoms with Gasteiger partial charge in [0, 0.05) is 37.9 Å². The molecule has 7 heteroatoms. The van der Waals surface area contributed by atoms with E-state index in [-0.39, 0.29) is 5.82 Å². The lowest BCUT2D eigenvalue weighted by Crippen LogP contribution is -2.47. The fourth-order valence-corrected chi connectivity index (χ4v) is 3.30. The molecule has 0 radical (unpaired) electrons. The lowest BCUT2D eigenvalue weighted by molar-refractivity contribution is 0.415. The van der Waals surface area contributed by atoms with E-state index in [1.54, 1.807) is 19.5 Å². The lowest BCUT2D eigenvalue weighted by atomic mass is 10.2. The molecule has 1 saturated heterocycles. The van der Waals surface area contributed by atoms with Crippen LogP contribution in [0.5, 0.6) is 5.75 Å². The van der Waals surface area contributed by atoms with Gasteiger partial charge in [0.1, 0.15) is 29.5 Å². The molecule has 2 aromatic carbocycles. The van der Waals surface area contributed by atoms with Crippen LogP contribution in [0.1, 0.15) is 0 Å². The van der Waals surface area contributed by atoms with Crippen LogP contribution in [0.25, 0.3) is 0 Å². The van der Waals surface area contributed by atoms with Gasteiger partial charge < -0.3 is 19.9 Å². The van der Waals surface area contributed by atoms with Crippen molar-refractivity contribution in [2.75, 3.05) is 48.4 Å². The Morgan fingerprint density at radius 1 is 0.929 bits per heavy atom. The number of aromatic nitrogens is 2. The summed E-state index contributed by atoms with van der Waals surface area (Å²) in [5.74, 6) is 2.22. The highest BCUT2D eigenvalue weighted by Gasteiger charge is 2.20. The summed E-state index contributed by atoms with van der Waals surface area (Å²) in [5, 5.41) is 3.28. The number of rotatable bonds is 5. The minimum Gasteiger partial charge on any atom is -0.497 e. The number of anilines is 4. The van der Waals surface area contributed by atoms with Crippen LogP contribution in [0.4, 0.5) is 27.4 Å². The Bertz CT molecular complexity index is 926. The van der Waals surface area contributed by atoms with Crippen LogP contribution >= 0.6 is 0 Å². The molecule has 3 aromatic rings. The summed E-state index contributed by atoms with van der Waals surface area (Å²) in [6, 6.07) is 16.5. The molecule has 0 amide bonds. The van der Waals surface area contributed by atoms with Crippen molar-refractivity contribution in [1.82, 2.24) is 9.97 Å². The molecule has 1 fully saturated rings. The molecule has 2 heterocycles. The molecule has 0 aliphatic carbocycles. The average molecular weight is 379 g/mol. The number of piperazine rings is 1. The van der Waals surface area contributed by atoms with Crippen LogP contribution in [0.15, 0.2) is 60.9 Å². The molecule has 1 aliphatic heterocycles. The van der Waals surface area contributed by atoms with Crippen LogP contribution < -0.4 is 19.9 Å². The zero-order valence-corrected chi connectivity index (χ0v) is 15.7. The molecule has 0 atom stereocenters. The fourth-order valence-electron chi connectivity index (χ4n) is 3.30. The summed E-state index contributed by atoms with van der Waals surface area (Å²) in [6.07, 6.45) is 1.56. The maximum Gasteiger partial charge on any atom is 0.146 e. The molecule has 144 valence electrons. The molecule has 4 rings (SSSR count). The van der Waals surface area contributed by atoms with Gasteiger partial charge in [-0.2, -0.15) is 0 Å². The van der Waals surface area contributed by atoms with E-state index in [4.69, 9.17) is 4.74 Å². The van der Waals surface area contributed by atoms with Crippen molar-refractivity contribution < 1.29 is 9.13 Å². The fraction of sp³-hybridized carbons (Fsp3) is 0.238. The normalized spacial score (nSPS) is 14.1. The van der Waals surface area contributed by atoms with Crippen LogP contribution in [0.2, 0.25) is 0 Å². The van der Waals surface area contributed by atoms with Crippen molar-refractivity contribution in [3.8, 4) is 5.75 Å². The Labute approximate surface area is 163 Å². The first kappa shape index (κ1) is 18.0. The number of hydrogen-bond acceptors (Lipinski definition) is 6. The zero-order chi connectivity index (χ0) is 19.3. The minimum atomic E-state index is -0.177. The highest BCUT2D eigenvalue weighted by molar-refractivity contribution is 5.60. The van der Waals surface area contributed by atoms with Gasteiger partial charge in [-0.1, -0.05) is 12.1 Å². The van der Waals surface area contributed by atoms with E-state index < -0.39 is 0 Å². The Balaban J connectivity index is 1.41. The first-order chi connectivity index (χ1) is 13.7. The van der Waals surface area contributed by atoms with Crippen LogP contribution in [-0.2, 0) is 0 Å². The van der Waals surface area contributed by atoms with Crippen molar-refractivity contribution in [1.29, 1.82) is 0 Å². The third kappa shape index (κ3) is 3.98. The molecule has 1 aliphatic rings. The summed E-state index contributed by atoms with van der Waals surface area (Å²) < 4.78 is 19.2. The number of hydrogen-bond donors (Lipinski definition) is 1. The van der Waals surface area contributed by atoms with Crippen molar-refractivity contribution in [3.05, 3.63) is 66.7 Å². The predicted molar refractivity (Wildman–Crippen MR) is 109 cm³/mol. The van der Waals surface area contributed by atoms with E-state index in [1.807, 2.05) is 42.5 Å². The van der Waals surface area contributed by atoms with Gasteiger partial charge in [-0.15, -0.1) is 0 Å². The Kier molecular flexibility index (Phi) is 5.23.